The van der Waals surface area contributed by atoms with Crippen LogP contribution in [0.2, 0.25) is 0 Å². The van der Waals surface area contributed by atoms with Crippen molar-refractivity contribution in [2.75, 3.05) is 26.0 Å². The molecule has 2 heterocycles. The van der Waals surface area contributed by atoms with E-state index < -0.39 is 0 Å². The fourth-order valence-corrected chi connectivity index (χ4v) is 4.38. The van der Waals surface area contributed by atoms with Crippen LogP contribution in [0.5, 0.6) is 5.75 Å². The van der Waals surface area contributed by atoms with E-state index >= 15 is 0 Å². The molecule has 32 heavy (non-hydrogen) atoms. The summed E-state index contributed by atoms with van der Waals surface area (Å²) in [5, 5.41) is 12.6. The number of benzene rings is 2. The van der Waals surface area contributed by atoms with Crippen LogP contribution in [0.15, 0.2) is 58.9 Å². The van der Waals surface area contributed by atoms with Crippen LogP contribution in [0.1, 0.15) is 23.6 Å². The first-order chi connectivity index (χ1) is 15.2. The molecule has 1 atom stereocenters. The van der Waals surface area contributed by atoms with E-state index in [-0.39, 0.29) is 35.8 Å². The minimum Gasteiger partial charge on any atom is -0.497 e. The molecule has 9 heteroatoms. The number of halogens is 1. The minimum absolute atomic E-state index is 0. The van der Waals surface area contributed by atoms with Gasteiger partial charge in [0.1, 0.15) is 10.8 Å². The van der Waals surface area contributed by atoms with Crippen molar-refractivity contribution >= 4 is 52.9 Å². The zero-order valence-corrected chi connectivity index (χ0v) is 21.1. The summed E-state index contributed by atoms with van der Waals surface area (Å²) >= 11 is 1.61. The third-order valence-corrected chi connectivity index (χ3v) is 6.11. The first-order valence-electron chi connectivity index (χ1n) is 10.1. The molecule has 1 aromatic heterocycles. The number of methoxy groups -OCH3 is 1. The maximum atomic E-state index is 12.0. The van der Waals surface area contributed by atoms with E-state index in [0.29, 0.717) is 25.5 Å². The summed E-state index contributed by atoms with van der Waals surface area (Å²) in [6.45, 7) is 1.19. The molecule has 0 aliphatic carbocycles. The van der Waals surface area contributed by atoms with Crippen molar-refractivity contribution in [3.63, 3.8) is 0 Å². The molecule has 0 saturated carbocycles. The number of nitrogens with zero attached hydrogens (tertiary/aromatic N) is 2. The van der Waals surface area contributed by atoms with E-state index in [9.17, 15) is 4.79 Å². The van der Waals surface area contributed by atoms with Gasteiger partial charge in [0.25, 0.3) is 0 Å². The molecule has 0 bridgehead atoms. The molecular weight excluding hydrogens is 537 g/mol. The normalized spacial score (nSPS) is 15.2. The zero-order chi connectivity index (χ0) is 21.6. The lowest BCUT2D eigenvalue weighted by Gasteiger charge is -2.26. The summed E-state index contributed by atoms with van der Waals surface area (Å²) in [5.74, 6) is 1.66. The Morgan fingerprint density at radius 3 is 2.75 bits per heavy atom. The standard InChI is InChI=1S/C23H25N5O2S.HI/c1-24-23(25-12-16-11-21(29)28-20-6-4-3-5-19(16)20)26-13-17-14-31-22(27-17)15-7-9-18(30-2)10-8-15;/h3-10,14,16H,11-13H2,1-2H3,(H,28,29)(H2,24,25,26);1H. The number of ether oxygens (including phenoxy) is 1. The van der Waals surface area contributed by atoms with Crippen molar-refractivity contribution in [1.82, 2.24) is 15.6 Å². The van der Waals surface area contributed by atoms with Gasteiger partial charge in [-0.15, -0.1) is 35.3 Å². The molecule has 0 spiro atoms. The Bertz CT molecular complexity index is 1080. The summed E-state index contributed by atoms with van der Waals surface area (Å²) in [6.07, 6.45) is 0.457. The van der Waals surface area contributed by atoms with E-state index in [1.54, 1.807) is 25.5 Å². The van der Waals surface area contributed by atoms with Crippen molar-refractivity contribution in [2.24, 2.45) is 4.99 Å². The predicted molar refractivity (Wildman–Crippen MR) is 140 cm³/mol. The van der Waals surface area contributed by atoms with Crippen molar-refractivity contribution in [3.05, 3.63) is 65.2 Å². The number of anilines is 1. The highest BCUT2D eigenvalue weighted by atomic mass is 127. The Morgan fingerprint density at radius 2 is 2.00 bits per heavy atom. The second-order valence-electron chi connectivity index (χ2n) is 7.22. The van der Waals surface area contributed by atoms with Gasteiger partial charge in [0.2, 0.25) is 5.91 Å². The Balaban J connectivity index is 0.00000289. The number of para-hydroxylation sites is 1. The molecule has 2 aromatic carbocycles. The first kappa shape index (κ1) is 24.0. The molecule has 1 aliphatic rings. The van der Waals surface area contributed by atoms with E-state index in [4.69, 9.17) is 9.72 Å². The van der Waals surface area contributed by atoms with Crippen LogP contribution in [0.3, 0.4) is 0 Å². The van der Waals surface area contributed by atoms with Gasteiger partial charge in [-0.25, -0.2) is 4.98 Å². The number of aliphatic imine (C=N–C) groups is 1. The summed E-state index contributed by atoms with van der Waals surface area (Å²) in [4.78, 5) is 21.0. The number of rotatable bonds is 6. The second kappa shape index (κ2) is 11.3. The number of aromatic nitrogens is 1. The molecule has 0 saturated heterocycles. The fraction of sp³-hybridized carbons (Fsp3) is 0.261. The summed E-state index contributed by atoms with van der Waals surface area (Å²) in [7, 11) is 3.39. The number of carbonyl (C=O) groups excluding carboxylic acids is 1. The van der Waals surface area contributed by atoms with Gasteiger partial charge in [0, 0.05) is 42.6 Å². The largest absolute Gasteiger partial charge is 0.497 e. The molecule has 0 fully saturated rings. The van der Waals surface area contributed by atoms with Crippen LogP contribution in [0.4, 0.5) is 5.69 Å². The van der Waals surface area contributed by atoms with E-state index in [0.717, 1.165) is 33.3 Å². The zero-order valence-electron chi connectivity index (χ0n) is 17.9. The van der Waals surface area contributed by atoms with E-state index in [1.807, 2.05) is 47.8 Å². The van der Waals surface area contributed by atoms with Crippen molar-refractivity contribution in [1.29, 1.82) is 0 Å². The molecule has 0 radical (unpaired) electrons. The second-order valence-corrected chi connectivity index (χ2v) is 8.07. The highest BCUT2D eigenvalue weighted by Gasteiger charge is 2.24. The van der Waals surface area contributed by atoms with Crippen LogP contribution >= 0.6 is 35.3 Å². The number of carbonyl (C=O) groups is 1. The van der Waals surface area contributed by atoms with Crippen molar-refractivity contribution < 1.29 is 9.53 Å². The number of hydrogen-bond donors (Lipinski definition) is 3. The average molecular weight is 563 g/mol. The van der Waals surface area contributed by atoms with Crippen molar-refractivity contribution in [2.45, 2.75) is 18.9 Å². The van der Waals surface area contributed by atoms with Gasteiger partial charge in [-0.3, -0.25) is 9.79 Å². The maximum absolute atomic E-state index is 12.0. The molecule has 4 rings (SSSR count). The monoisotopic (exact) mass is 563 g/mol. The molecular formula is C23H26IN5O2S. The summed E-state index contributed by atoms with van der Waals surface area (Å²) in [6, 6.07) is 15.8. The predicted octanol–water partition coefficient (Wildman–Crippen LogP) is 4.23. The van der Waals surface area contributed by atoms with Crippen LogP contribution in [-0.4, -0.2) is 37.6 Å². The van der Waals surface area contributed by atoms with E-state index in [2.05, 4.69) is 27.0 Å². The molecule has 3 N–H and O–H groups in total. The fourth-order valence-electron chi connectivity index (χ4n) is 3.55. The third-order valence-electron chi connectivity index (χ3n) is 5.17. The minimum atomic E-state index is 0. The van der Waals surface area contributed by atoms with Gasteiger partial charge >= 0.3 is 0 Å². The highest BCUT2D eigenvalue weighted by Crippen LogP contribution is 2.31. The number of amides is 1. The van der Waals surface area contributed by atoms with Crippen LogP contribution in [0.25, 0.3) is 10.6 Å². The van der Waals surface area contributed by atoms with Crippen LogP contribution in [0, 0.1) is 0 Å². The lowest BCUT2D eigenvalue weighted by Crippen LogP contribution is -2.40. The van der Waals surface area contributed by atoms with Gasteiger partial charge in [0.15, 0.2) is 5.96 Å². The number of thiazole rings is 1. The Labute approximate surface area is 208 Å². The van der Waals surface area contributed by atoms with Crippen LogP contribution < -0.4 is 20.7 Å². The molecule has 168 valence electrons. The highest BCUT2D eigenvalue weighted by molar-refractivity contribution is 14.0. The quantitative estimate of drug-likeness (QED) is 0.238. The SMILES string of the molecule is CN=C(NCc1csc(-c2ccc(OC)cc2)n1)NCC1CC(=O)Nc2ccccc21.I. The van der Waals surface area contributed by atoms with Crippen molar-refractivity contribution in [3.8, 4) is 16.3 Å². The lowest BCUT2D eigenvalue weighted by molar-refractivity contribution is -0.116. The molecule has 3 aromatic rings. The van der Waals surface area contributed by atoms with Gasteiger partial charge < -0.3 is 20.7 Å². The Morgan fingerprint density at radius 1 is 1.22 bits per heavy atom. The smallest absolute Gasteiger partial charge is 0.225 e. The third kappa shape index (κ3) is 5.77. The van der Waals surface area contributed by atoms with E-state index in [1.165, 1.54) is 0 Å². The number of hydrogen-bond acceptors (Lipinski definition) is 5. The van der Waals surface area contributed by atoms with Gasteiger partial charge in [-0.05, 0) is 35.9 Å². The van der Waals surface area contributed by atoms with Gasteiger partial charge in [0.05, 0.1) is 19.3 Å². The molecule has 1 unspecified atom stereocenters. The molecule has 7 nitrogen and oxygen atoms in total. The Kier molecular flexibility index (Phi) is 8.46. The number of guanidine groups is 1. The average Bonchev–Trinajstić information content (AvgIpc) is 3.28. The van der Waals surface area contributed by atoms with Gasteiger partial charge in [-0.1, -0.05) is 18.2 Å². The number of nitrogens with one attached hydrogen (secondary N) is 3. The summed E-state index contributed by atoms with van der Waals surface area (Å²) < 4.78 is 5.21. The molecule has 1 aliphatic heterocycles. The molecule has 1 amide bonds. The van der Waals surface area contributed by atoms with Crippen LogP contribution in [-0.2, 0) is 11.3 Å². The first-order valence-corrected chi connectivity index (χ1v) is 11.0. The van der Waals surface area contributed by atoms with Gasteiger partial charge in [-0.2, -0.15) is 0 Å². The topological polar surface area (TPSA) is 87.6 Å². The Hall–Kier alpha value is -2.66. The maximum Gasteiger partial charge on any atom is 0.225 e. The summed E-state index contributed by atoms with van der Waals surface area (Å²) in [5.41, 5.74) is 4.05. The lowest BCUT2D eigenvalue weighted by atomic mass is 9.90. The number of fused-ring (bicyclic) bond motifs is 1.